The number of nitrogens with one attached hydrogen (secondary N) is 1. The molecule has 0 radical (unpaired) electrons. The number of aryl methyl sites for hydroxylation is 1. The summed E-state index contributed by atoms with van der Waals surface area (Å²) in [4.78, 5) is 11.2. The molecule has 2 N–H and O–H groups in total. The van der Waals surface area contributed by atoms with E-state index in [2.05, 4.69) is 4.72 Å². The lowest BCUT2D eigenvalue weighted by Gasteiger charge is -2.14. The largest absolute Gasteiger partial charge is 0.478 e. The molecular weight excluding hydrogens is 302 g/mol. The van der Waals surface area contributed by atoms with Crippen LogP contribution in [0.1, 0.15) is 33.9 Å². The number of fused-ring (bicyclic) bond motifs is 1. The third-order valence-electron chi connectivity index (χ3n) is 3.82. The monoisotopic (exact) mass is 317 g/mol. The van der Waals surface area contributed by atoms with Gasteiger partial charge in [0.2, 0.25) is 10.0 Å². The number of sulfonamides is 1. The first-order valence-corrected chi connectivity index (χ1v) is 8.39. The first-order valence-electron chi connectivity index (χ1n) is 6.91. The molecule has 6 heteroatoms. The van der Waals surface area contributed by atoms with Crippen molar-refractivity contribution in [2.45, 2.75) is 23.8 Å². The summed E-state index contributed by atoms with van der Waals surface area (Å²) in [7, 11) is -3.58. The molecule has 3 rings (SSSR count). The van der Waals surface area contributed by atoms with E-state index in [1.54, 1.807) is 42.5 Å². The summed E-state index contributed by atoms with van der Waals surface area (Å²) in [6, 6.07) is 12.7. The Labute approximate surface area is 128 Å². The van der Waals surface area contributed by atoms with Gasteiger partial charge in [0, 0.05) is 6.04 Å². The topological polar surface area (TPSA) is 83.5 Å². The van der Waals surface area contributed by atoms with Gasteiger partial charge in [-0.3, -0.25) is 0 Å². The van der Waals surface area contributed by atoms with Crippen LogP contribution in [0.2, 0.25) is 0 Å². The minimum Gasteiger partial charge on any atom is -0.478 e. The van der Waals surface area contributed by atoms with Crippen molar-refractivity contribution in [3.8, 4) is 0 Å². The number of carboxylic acids is 1. The van der Waals surface area contributed by atoms with E-state index >= 15 is 0 Å². The summed E-state index contributed by atoms with van der Waals surface area (Å²) in [5.74, 6) is -0.976. The molecule has 0 bridgehead atoms. The van der Waals surface area contributed by atoms with Crippen molar-refractivity contribution in [1.29, 1.82) is 0 Å². The molecule has 1 aliphatic rings. The number of hydrogen-bond donors (Lipinski definition) is 2. The quantitative estimate of drug-likeness (QED) is 0.906. The molecule has 2 aromatic carbocycles. The Kier molecular flexibility index (Phi) is 3.72. The first kappa shape index (κ1) is 14.7. The van der Waals surface area contributed by atoms with Crippen LogP contribution in [0.5, 0.6) is 0 Å². The second-order valence-electron chi connectivity index (χ2n) is 5.24. The van der Waals surface area contributed by atoms with E-state index in [9.17, 15) is 13.2 Å². The van der Waals surface area contributed by atoms with Gasteiger partial charge >= 0.3 is 5.97 Å². The molecule has 0 amide bonds. The standard InChI is InChI=1S/C16H15NO4S/c18-16(19)12-6-8-14-11(10-12)7-9-15(14)17-22(20,21)13-4-2-1-3-5-13/h1-6,8,10,15,17H,7,9H2,(H,18,19). The van der Waals surface area contributed by atoms with Crippen molar-refractivity contribution >= 4 is 16.0 Å². The Hall–Kier alpha value is -2.18. The third-order valence-corrected chi connectivity index (χ3v) is 5.31. The molecule has 0 spiro atoms. The molecule has 0 fully saturated rings. The highest BCUT2D eigenvalue weighted by atomic mass is 32.2. The maximum absolute atomic E-state index is 12.4. The second-order valence-corrected chi connectivity index (χ2v) is 6.96. The molecule has 0 aromatic heterocycles. The van der Waals surface area contributed by atoms with E-state index in [1.807, 2.05) is 0 Å². The molecule has 0 heterocycles. The van der Waals surface area contributed by atoms with Crippen LogP contribution < -0.4 is 4.72 Å². The van der Waals surface area contributed by atoms with Gasteiger partial charge in [0.1, 0.15) is 0 Å². The molecule has 0 saturated carbocycles. The van der Waals surface area contributed by atoms with Crippen LogP contribution in [0.25, 0.3) is 0 Å². The normalized spacial score (nSPS) is 17.2. The lowest BCUT2D eigenvalue weighted by atomic mass is 10.1. The summed E-state index contributed by atoms with van der Waals surface area (Å²) >= 11 is 0. The van der Waals surface area contributed by atoms with Crippen LogP contribution in [0, 0.1) is 0 Å². The number of hydrogen-bond acceptors (Lipinski definition) is 3. The SMILES string of the molecule is O=C(O)c1ccc2c(c1)CCC2NS(=O)(=O)c1ccccc1. The Bertz CT molecular complexity index is 815. The smallest absolute Gasteiger partial charge is 0.335 e. The summed E-state index contributed by atoms with van der Waals surface area (Å²) in [5.41, 5.74) is 1.97. The van der Waals surface area contributed by atoms with Crippen LogP contribution in [0.15, 0.2) is 53.4 Å². The number of carboxylic acid groups (broad SMARTS) is 1. The number of aromatic carboxylic acids is 1. The van der Waals surface area contributed by atoms with Crippen molar-refractivity contribution in [2.75, 3.05) is 0 Å². The van der Waals surface area contributed by atoms with Crippen molar-refractivity contribution in [3.05, 3.63) is 65.2 Å². The highest BCUT2D eigenvalue weighted by molar-refractivity contribution is 7.89. The third kappa shape index (κ3) is 2.75. The zero-order chi connectivity index (χ0) is 15.7. The number of rotatable bonds is 4. The molecule has 22 heavy (non-hydrogen) atoms. The summed E-state index contributed by atoms with van der Waals surface area (Å²) < 4.78 is 27.4. The van der Waals surface area contributed by atoms with Gasteiger partial charge in [0.05, 0.1) is 10.5 Å². The molecule has 5 nitrogen and oxygen atoms in total. The molecule has 2 aromatic rings. The number of carbonyl (C=O) groups is 1. The van der Waals surface area contributed by atoms with E-state index in [-0.39, 0.29) is 16.5 Å². The maximum atomic E-state index is 12.4. The van der Waals surface area contributed by atoms with Gasteiger partial charge in [-0.15, -0.1) is 0 Å². The van der Waals surface area contributed by atoms with E-state index in [0.29, 0.717) is 12.8 Å². The van der Waals surface area contributed by atoms with Gasteiger partial charge in [0.15, 0.2) is 0 Å². The van der Waals surface area contributed by atoms with Crippen LogP contribution in [0.4, 0.5) is 0 Å². The molecule has 1 aliphatic carbocycles. The summed E-state index contributed by atoms with van der Waals surface area (Å²) in [6.07, 6.45) is 1.29. The predicted molar refractivity (Wildman–Crippen MR) is 81.2 cm³/mol. The average molecular weight is 317 g/mol. The van der Waals surface area contributed by atoms with Crippen molar-refractivity contribution in [1.82, 2.24) is 4.72 Å². The zero-order valence-corrected chi connectivity index (χ0v) is 12.5. The average Bonchev–Trinajstić information content (AvgIpc) is 2.90. The molecule has 1 atom stereocenters. The first-order chi connectivity index (χ1) is 10.5. The Balaban J connectivity index is 1.87. The van der Waals surface area contributed by atoms with Crippen molar-refractivity contribution in [3.63, 3.8) is 0 Å². The molecule has 0 aliphatic heterocycles. The molecule has 0 saturated heterocycles. The highest BCUT2D eigenvalue weighted by Crippen LogP contribution is 2.33. The van der Waals surface area contributed by atoms with Crippen molar-refractivity contribution < 1.29 is 18.3 Å². The summed E-state index contributed by atoms with van der Waals surface area (Å²) in [5, 5.41) is 9.01. The lowest BCUT2D eigenvalue weighted by Crippen LogP contribution is -2.27. The number of benzene rings is 2. The van der Waals surface area contributed by atoms with Crippen LogP contribution >= 0.6 is 0 Å². The van der Waals surface area contributed by atoms with Gasteiger partial charge in [0.25, 0.3) is 0 Å². The minimum atomic E-state index is -3.58. The zero-order valence-electron chi connectivity index (χ0n) is 11.7. The van der Waals surface area contributed by atoms with Gasteiger partial charge in [-0.05, 0) is 48.2 Å². The maximum Gasteiger partial charge on any atom is 0.335 e. The summed E-state index contributed by atoms with van der Waals surface area (Å²) in [6.45, 7) is 0. The molecule has 114 valence electrons. The van der Waals surface area contributed by atoms with E-state index in [4.69, 9.17) is 5.11 Å². The molecule has 1 unspecified atom stereocenters. The Morgan fingerprint density at radius 2 is 1.86 bits per heavy atom. The molecular formula is C16H15NO4S. The fourth-order valence-electron chi connectivity index (χ4n) is 2.73. The second kappa shape index (κ2) is 5.55. The van der Waals surface area contributed by atoms with Crippen LogP contribution in [0.3, 0.4) is 0 Å². The van der Waals surface area contributed by atoms with Gasteiger partial charge < -0.3 is 5.11 Å². The predicted octanol–water partition coefficient (Wildman–Crippen LogP) is 2.35. The lowest BCUT2D eigenvalue weighted by molar-refractivity contribution is 0.0696. The van der Waals surface area contributed by atoms with Crippen molar-refractivity contribution in [2.24, 2.45) is 0 Å². The van der Waals surface area contributed by atoms with E-state index in [0.717, 1.165) is 11.1 Å². The highest BCUT2D eigenvalue weighted by Gasteiger charge is 2.28. The Morgan fingerprint density at radius 3 is 2.55 bits per heavy atom. The van der Waals surface area contributed by atoms with Crippen LogP contribution in [-0.2, 0) is 16.4 Å². The fourth-order valence-corrected chi connectivity index (χ4v) is 4.00. The fraction of sp³-hybridized carbons (Fsp3) is 0.188. The van der Waals surface area contributed by atoms with Gasteiger partial charge in [-0.2, -0.15) is 0 Å². The Morgan fingerprint density at radius 1 is 1.14 bits per heavy atom. The van der Waals surface area contributed by atoms with Gasteiger partial charge in [-0.1, -0.05) is 24.3 Å². The van der Waals surface area contributed by atoms with E-state index < -0.39 is 16.0 Å². The van der Waals surface area contributed by atoms with Gasteiger partial charge in [-0.25, -0.2) is 17.9 Å². The minimum absolute atomic E-state index is 0.227. The van der Waals surface area contributed by atoms with E-state index in [1.165, 1.54) is 6.07 Å². The van der Waals surface area contributed by atoms with Crippen LogP contribution in [-0.4, -0.2) is 19.5 Å².